The predicted octanol–water partition coefficient (Wildman–Crippen LogP) is 3.11. The van der Waals surface area contributed by atoms with E-state index in [1.54, 1.807) is 18.6 Å². The number of nitrogens with zero attached hydrogens (tertiary/aromatic N) is 7. The van der Waals surface area contributed by atoms with Crippen molar-refractivity contribution in [3.63, 3.8) is 0 Å². The lowest BCUT2D eigenvalue weighted by molar-refractivity contribution is 0.0517. The van der Waals surface area contributed by atoms with Gasteiger partial charge in [-0.3, -0.25) is 14.5 Å². The van der Waals surface area contributed by atoms with Crippen molar-refractivity contribution in [2.24, 2.45) is 5.92 Å². The monoisotopic (exact) mass is 393 g/mol. The van der Waals surface area contributed by atoms with Gasteiger partial charge in [0.25, 0.3) is 5.91 Å². The van der Waals surface area contributed by atoms with E-state index in [9.17, 15) is 4.79 Å². The van der Waals surface area contributed by atoms with Crippen molar-refractivity contribution in [1.82, 2.24) is 34.4 Å². The molecule has 3 aromatic heterocycles. The zero-order valence-electron chi connectivity index (χ0n) is 17.4. The summed E-state index contributed by atoms with van der Waals surface area (Å²) in [7, 11) is 0. The van der Waals surface area contributed by atoms with E-state index in [1.807, 2.05) is 40.2 Å². The highest BCUT2D eigenvalue weighted by molar-refractivity contribution is 5.95. The lowest BCUT2D eigenvalue weighted by Crippen LogP contribution is -2.45. The van der Waals surface area contributed by atoms with E-state index in [-0.39, 0.29) is 17.9 Å². The Kier molecular flexibility index (Phi) is 5.17. The fourth-order valence-electron chi connectivity index (χ4n) is 3.98. The molecule has 29 heavy (non-hydrogen) atoms. The molecule has 0 fully saturated rings. The van der Waals surface area contributed by atoms with E-state index in [2.05, 4.69) is 23.9 Å². The number of fused-ring (bicyclic) bond motifs is 1. The largest absolute Gasteiger partial charge is 0.326 e. The van der Waals surface area contributed by atoms with Crippen molar-refractivity contribution < 1.29 is 4.79 Å². The molecule has 4 rings (SSSR count). The Morgan fingerprint density at radius 1 is 1.28 bits per heavy atom. The summed E-state index contributed by atoms with van der Waals surface area (Å²) in [4.78, 5) is 24.4. The van der Waals surface area contributed by atoms with E-state index in [1.165, 1.54) is 0 Å². The van der Waals surface area contributed by atoms with Crippen LogP contribution in [0.1, 0.15) is 55.1 Å². The Morgan fingerprint density at radius 2 is 2.10 bits per heavy atom. The molecule has 0 unspecified atom stereocenters. The summed E-state index contributed by atoms with van der Waals surface area (Å²) in [5.74, 6) is 1.78. The highest BCUT2D eigenvalue weighted by Gasteiger charge is 2.38. The molecule has 0 radical (unpaired) electrons. The topological polar surface area (TPSA) is 81.7 Å². The molecule has 0 N–H and O–H groups in total. The fourth-order valence-corrected chi connectivity index (χ4v) is 3.98. The van der Waals surface area contributed by atoms with Gasteiger partial charge in [-0.2, -0.15) is 10.2 Å². The number of rotatable bonds is 5. The SMILES string of the molecule is CC[C@H](C)[C@H]1c2nc(-c3cccnc3)nn2CCN1C(=O)c1cnn(CC)c1C. The maximum atomic E-state index is 13.5. The summed E-state index contributed by atoms with van der Waals surface area (Å²) < 4.78 is 3.81. The highest BCUT2D eigenvalue weighted by atomic mass is 16.2. The number of carbonyl (C=O) groups is 1. The van der Waals surface area contributed by atoms with Crippen LogP contribution in [0.3, 0.4) is 0 Å². The molecule has 4 heterocycles. The summed E-state index contributed by atoms with van der Waals surface area (Å²) in [5.41, 5.74) is 2.46. The van der Waals surface area contributed by atoms with Gasteiger partial charge in [0.15, 0.2) is 11.6 Å². The van der Waals surface area contributed by atoms with Gasteiger partial charge in [0, 0.05) is 36.7 Å². The molecule has 2 atom stereocenters. The van der Waals surface area contributed by atoms with Gasteiger partial charge in [-0.25, -0.2) is 9.67 Å². The van der Waals surface area contributed by atoms with E-state index >= 15 is 0 Å². The molecule has 152 valence electrons. The van der Waals surface area contributed by atoms with Crippen LogP contribution in [0.2, 0.25) is 0 Å². The fraction of sp³-hybridized carbons (Fsp3) is 0.476. The third kappa shape index (κ3) is 3.32. The van der Waals surface area contributed by atoms with Crippen LogP contribution in [0.5, 0.6) is 0 Å². The molecule has 0 aliphatic carbocycles. The molecule has 0 aromatic carbocycles. The number of aromatic nitrogens is 6. The van der Waals surface area contributed by atoms with Crippen LogP contribution in [0.4, 0.5) is 0 Å². The zero-order valence-corrected chi connectivity index (χ0v) is 17.4. The molecular weight excluding hydrogens is 366 g/mol. The number of hydrogen-bond donors (Lipinski definition) is 0. The van der Waals surface area contributed by atoms with Gasteiger partial charge in [0.05, 0.1) is 24.3 Å². The molecular formula is C21H27N7O. The van der Waals surface area contributed by atoms with Gasteiger partial charge < -0.3 is 4.90 Å². The minimum absolute atomic E-state index is 0.0182. The van der Waals surface area contributed by atoms with Crippen molar-refractivity contribution in [3.8, 4) is 11.4 Å². The average molecular weight is 393 g/mol. The van der Waals surface area contributed by atoms with Gasteiger partial charge >= 0.3 is 0 Å². The second kappa shape index (κ2) is 7.77. The van der Waals surface area contributed by atoms with Crippen LogP contribution in [-0.2, 0) is 13.1 Å². The Balaban J connectivity index is 1.73. The number of hydrogen-bond acceptors (Lipinski definition) is 5. The van der Waals surface area contributed by atoms with Gasteiger partial charge in [-0.1, -0.05) is 20.3 Å². The van der Waals surface area contributed by atoms with Crippen LogP contribution in [0.25, 0.3) is 11.4 Å². The Labute approximate surface area is 170 Å². The summed E-state index contributed by atoms with van der Waals surface area (Å²) in [5, 5.41) is 9.06. The molecule has 0 bridgehead atoms. The van der Waals surface area contributed by atoms with Crippen LogP contribution >= 0.6 is 0 Å². The first-order valence-corrected chi connectivity index (χ1v) is 10.2. The standard InChI is InChI=1S/C21H27N7O/c1-5-14(3)18-20-24-19(16-8-7-9-22-12-16)25-28(20)11-10-26(18)21(29)17-13-23-27(6-2)15(17)4/h7-9,12-14,18H,5-6,10-11H2,1-4H3/t14-,18-/m0/s1. The van der Waals surface area contributed by atoms with E-state index in [0.29, 0.717) is 24.5 Å². The molecule has 1 aliphatic rings. The van der Waals surface area contributed by atoms with Crippen molar-refractivity contribution in [3.05, 3.63) is 47.8 Å². The van der Waals surface area contributed by atoms with Gasteiger partial charge in [-0.05, 0) is 31.9 Å². The lowest BCUT2D eigenvalue weighted by atomic mass is 9.94. The van der Waals surface area contributed by atoms with E-state index in [4.69, 9.17) is 10.1 Å². The summed E-state index contributed by atoms with van der Waals surface area (Å²) in [6, 6.07) is 3.72. The van der Waals surface area contributed by atoms with Crippen molar-refractivity contribution in [2.75, 3.05) is 6.54 Å². The van der Waals surface area contributed by atoms with Crippen LogP contribution in [-0.4, -0.2) is 46.9 Å². The molecule has 0 saturated carbocycles. The van der Waals surface area contributed by atoms with E-state index < -0.39 is 0 Å². The lowest BCUT2D eigenvalue weighted by Gasteiger charge is -2.38. The molecule has 0 saturated heterocycles. The maximum absolute atomic E-state index is 13.5. The Bertz CT molecular complexity index is 1010. The summed E-state index contributed by atoms with van der Waals surface area (Å²) >= 11 is 0. The first kappa shape index (κ1) is 19.3. The molecule has 3 aromatic rings. The highest BCUT2D eigenvalue weighted by Crippen LogP contribution is 2.35. The smallest absolute Gasteiger partial charge is 0.258 e. The number of aryl methyl sites for hydroxylation is 1. The van der Waals surface area contributed by atoms with Gasteiger partial charge in [-0.15, -0.1) is 0 Å². The zero-order chi connectivity index (χ0) is 20.5. The van der Waals surface area contributed by atoms with Crippen LogP contribution in [0.15, 0.2) is 30.7 Å². The Hall–Kier alpha value is -3.03. The van der Waals surface area contributed by atoms with Crippen LogP contribution < -0.4 is 0 Å². The third-order valence-electron chi connectivity index (χ3n) is 5.85. The number of amides is 1. The molecule has 0 spiro atoms. The van der Waals surface area contributed by atoms with Crippen LogP contribution in [0, 0.1) is 12.8 Å². The number of carbonyl (C=O) groups excluding carboxylic acids is 1. The predicted molar refractivity (Wildman–Crippen MR) is 109 cm³/mol. The minimum atomic E-state index is -0.122. The quantitative estimate of drug-likeness (QED) is 0.665. The Morgan fingerprint density at radius 3 is 2.76 bits per heavy atom. The normalized spacial score (nSPS) is 17.2. The third-order valence-corrected chi connectivity index (χ3v) is 5.85. The second-order valence-electron chi connectivity index (χ2n) is 7.55. The second-order valence-corrected chi connectivity index (χ2v) is 7.55. The average Bonchev–Trinajstić information content (AvgIpc) is 3.35. The van der Waals surface area contributed by atoms with Gasteiger partial charge in [0.2, 0.25) is 0 Å². The maximum Gasteiger partial charge on any atom is 0.258 e. The van der Waals surface area contributed by atoms with Crippen molar-refractivity contribution in [1.29, 1.82) is 0 Å². The molecule has 1 aliphatic heterocycles. The molecule has 1 amide bonds. The van der Waals surface area contributed by atoms with Crippen molar-refractivity contribution >= 4 is 5.91 Å². The number of pyridine rings is 1. The van der Waals surface area contributed by atoms with Crippen molar-refractivity contribution in [2.45, 2.75) is 53.2 Å². The van der Waals surface area contributed by atoms with Gasteiger partial charge in [0.1, 0.15) is 0 Å². The molecule has 8 heteroatoms. The first-order valence-electron chi connectivity index (χ1n) is 10.2. The first-order chi connectivity index (χ1) is 14.0. The van der Waals surface area contributed by atoms with E-state index in [0.717, 1.165) is 30.0 Å². The molecule has 8 nitrogen and oxygen atoms in total. The minimum Gasteiger partial charge on any atom is -0.326 e. The summed E-state index contributed by atoms with van der Waals surface area (Å²) in [6.07, 6.45) is 6.14. The summed E-state index contributed by atoms with van der Waals surface area (Å²) in [6.45, 7) is 10.3.